The summed E-state index contributed by atoms with van der Waals surface area (Å²) in [6, 6.07) is 0.718. The van der Waals surface area contributed by atoms with Gasteiger partial charge in [0, 0.05) is 17.5 Å². The fourth-order valence-corrected chi connectivity index (χ4v) is 11.3. The molecule has 6 fully saturated rings. The molecule has 4 aliphatic carbocycles. The molecule has 0 aromatic carbocycles. The number of hydrogen-bond donors (Lipinski definition) is 0. The molecule has 0 aromatic heterocycles. The first-order chi connectivity index (χ1) is 20.5. The smallest absolute Gasteiger partial charge is 0.308 e. The summed E-state index contributed by atoms with van der Waals surface area (Å²) in [5.41, 5.74) is 0.341. The zero-order valence-electron chi connectivity index (χ0n) is 28.3. The average Bonchev–Trinajstić information content (AvgIpc) is 3.29. The monoisotopic (exact) mass is 598 g/mol. The molecule has 2 aliphatic heterocycles. The molecule has 6 aliphatic rings. The van der Waals surface area contributed by atoms with E-state index in [-0.39, 0.29) is 46.8 Å². The predicted molar refractivity (Wildman–Crippen MR) is 170 cm³/mol. The Hall–Kier alpha value is -1.14. The van der Waals surface area contributed by atoms with E-state index in [1.54, 1.807) is 0 Å². The van der Waals surface area contributed by atoms with Crippen molar-refractivity contribution >= 4 is 11.9 Å². The van der Waals surface area contributed by atoms with E-state index in [9.17, 15) is 9.59 Å². The van der Waals surface area contributed by atoms with Crippen LogP contribution in [-0.4, -0.2) is 72.2 Å². The van der Waals surface area contributed by atoms with E-state index in [2.05, 4.69) is 23.6 Å². The SMILES string of the molecule is CC(C)C(=O)O[C@H]1C[C@@H]2CC[C@@H]3[C@H](CC[C@@]4(C)[C@H]3C[C@H](N3CCCCC3)[C@@H]4OC(=O)C(C)C)[C@@]2(C)C[C@@H]1N1CCCCC1. The summed E-state index contributed by atoms with van der Waals surface area (Å²) in [5.74, 6) is 2.47. The Morgan fingerprint density at radius 1 is 0.674 bits per heavy atom. The van der Waals surface area contributed by atoms with Crippen LogP contribution in [0.3, 0.4) is 0 Å². The number of hydrogen-bond acceptors (Lipinski definition) is 6. The Morgan fingerprint density at radius 3 is 1.86 bits per heavy atom. The van der Waals surface area contributed by atoms with Crippen LogP contribution in [0.2, 0.25) is 0 Å². The maximum Gasteiger partial charge on any atom is 0.308 e. The fourth-order valence-electron chi connectivity index (χ4n) is 11.3. The number of fused-ring (bicyclic) bond motifs is 5. The Kier molecular flexibility index (Phi) is 9.31. The minimum Gasteiger partial charge on any atom is -0.460 e. The molecule has 4 saturated carbocycles. The molecule has 6 nitrogen and oxygen atoms in total. The Bertz CT molecular complexity index is 1000. The van der Waals surface area contributed by atoms with Gasteiger partial charge in [-0.15, -0.1) is 0 Å². The Balaban J connectivity index is 1.27. The van der Waals surface area contributed by atoms with Crippen LogP contribution in [0, 0.1) is 46.3 Å². The largest absolute Gasteiger partial charge is 0.460 e. The van der Waals surface area contributed by atoms with Crippen LogP contribution in [0.1, 0.15) is 125 Å². The highest BCUT2D eigenvalue weighted by molar-refractivity contribution is 5.72. The van der Waals surface area contributed by atoms with Gasteiger partial charge in [-0.05, 0) is 126 Å². The normalized spacial score (nSPS) is 44.0. The van der Waals surface area contributed by atoms with E-state index < -0.39 is 0 Å². The number of nitrogens with zero attached hydrogens (tertiary/aromatic N) is 2. The van der Waals surface area contributed by atoms with Crippen molar-refractivity contribution in [3.63, 3.8) is 0 Å². The van der Waals surface area contributed by atoms with Crippen molar-refractivity contribution in [2.24, 2.45) is 46.3 Å². The first-order valence-electron chi connectivity index (χ1n) is 18.4. The first kappa shape index (κ1) is 31.8. The summed E-state index contributed by atoms with van der Waals surface area (Å²) in [4.78, 5) is 31.4. The van der Waals surface area contributed by atoms with Crippen LogP contribution in [0.5, 0.6) is 0 Å². The molecule has 6 heteroatoms. The molecule has 0 amide bonds. The molecule has 0 spiro atoms. The van der Waals surface area contributed by atoms with Crippen molar-refractivity contribution < 1.29 is 19.1 Å². The highest BCUT2D eigenvalue weighted by Gasteiger charge is 2.65. The summed E-state index contributed by atoms with van der Waals surface area (Å²) < 4.78 is 12.9. The number of carbonyl (C=O) groups is 2. The molecule has 10 atom stereocenters. The lowest BCUT2D eigenvalue weighted by Crippen LogP contribution is -2.61. The van der Waals surface area contributed by atoms with Crippen molar-refractivity contribution in [1.29, 1.82) is 0 Å². The van der Waals surface area contributed by atoms with Crippen molar-refractivity contribution in [2.45, 2.75) is 149 Å². The molecule has 0 radical (unpaired) electrons. The van der Waals surface area contributed by atoms with Crippen LogP contribution in [0.4, 0.5) is 0 Å². The van der Waals surface area contributed by atoms with E-state index in [1.165, 1.54) is 77.0 Å². The lowest BCUT2D eigenvalue weighted by molar-refractivity contribution is -0.184. The third-order valence-electron chi connectivity index (χ3n) is 13.8. The van der Waals surface area contributed by atoms with Crippen LogP contribution in [0.15, 0.2) is 0 Å². The highest BCUT2D eigenvalue weighted by Crippen LogP contribution is 2.67. The van der Waals surface area contributed by atoms with Crippen LogP contribution >= 0.6 is 0 Å². The van der Waals surface area contributed by atoms with Gasteiger partial charge in [-0.25, -0.2) is 0 Å². The van der Waals surface area contributed by atoms with E-state index in [0.29, 0.717) is 35.8 Å². The second-order valence-electron chi connectivity index (χ2n) is 16.8. The maximum atomic E-state index is 13.1. The van der Waals surface area contributed by atoms with Crippen molar-refractivity contribution in [3.8, 4) is 0 Å². The Labute approximate surface area is 262 Å². The van der Waals surface area contributed by atoms with Gasteiger partial charge in [0.15, 0.2) is 0 Å². The van der Waals surface area contributed by atoms with Gasteiger partial charge >= 0.3 is 11.9 Å². The van der Waals surface area contributed by atoms with E-state index in [1.807, 2.05) is 27.7 Å². The number of ether oxygens (including phenoxy) is 2. The number of carbonyl (C=O) groups excluding carboxylic acids is 2. The van der Waals surface area contributed by atoms with Gasteiger partial charge in [0.1, 0.15) is 12.2 Å². The molecule has 0 bridgehead atoms. The summed E-state index contributed by atoms with van der Waals surface area (Å²) in [5, 5.41) is 0. The maximum absolute atomic E-state index is 13.1. The molecule has 0 unspecified atom stereocenters. The van der Waals surface area contributed by atoms with E-state index >= 15 is 0 Å². The number of piperidine rings is 2. The zero-order valence-corrected chi connectivity index (χ0v) is 28.3. The lowest BCUT2D eigenvalue weighted by Gasteiger charge is -2.62. The van der Waals surface area contributed by atoms with Gasteiger partial charge in [-0.3, -0.25) is 19.4 Å². The standard InChI is InChI=1S/C37H62N2O4/c1-24(2)34(40)42-32-21-26-13-14-27-28(37(26,6)23-31(32)39-19-11-8-12-20-39)15-16-36(5)29(27)22-30(38-17-9-7-10-18-38)33(36)43-35(41)25(3)4/h24-33H,7-23H2,1-6H3/t26-,27+,28-,29-,30-,31-,32-,33-,36-,37-/m0/s1. The molecule has 2 saturated heterocycles. The van der Waals surface area contributed by atoms with Crippen LogP contribution < -0.4 is 0 Å². The van der Waals surface area contributed by atoms with Crippen LogP contribution in [0.25, 0.3) is 0 Å². The molecule has 244 valence electrons. The third kappa shape index (κ3) is 5.83. The van der Waals surface area contributed by atoms with Crippen molar-refractivity contribution in [2.75, 3.05) is 26.2 Å². The minimum absolute atomic E-state index is 0.00896. The van der Waals surface area contributed by atoms with Gasteiger partial charge in [-0.2, -0.15) is 0 Å². The molecule has 0 aromatic rings. The van der Waals surface area contributed by atoms with Gasteiger partial charge in [-0.1, -0.05) is 54.4 Å². The van der Waals surface area contributed by atoms with Crippen molar-refractivity contribution in [3.05, 3.63) is 0 Å². The predicted octanol–water partition coefficient (Wildman–Crippen LogP) is 7.09. The van der Waals surface area contributed by atoms with Gasteiger partial charge in [0.2, 0.25) is 0 Å². The minimum atomic E-state index is -0.0814. The van der Waals surface area contributed by atoms with Crippen molar-refractivity contribution in [1.82, 2.24) is 9.80 Å². The second-order valence-corrected chi connectivity index (χ2v) is 16.8. The summed E-state index contributed by atoms with van der Waals surface area (Å²) >= 11 is 0. The second kappa shape index (κ2) is 12.6. The molecular weight excluding hydrogens is 536 g/mol. The number of likely N-dealkylation sites (tertiary alicyclic amines) is 2. The fraction of sp³-hybridized carbons (Fsp3) is 0.946. The molecule has 43 heavy (non-hydrogen) atoms. The quantitative estimate of drug-likeness (QED) is 0.304. The summed E-state index contributed by atoms with van der Waals surface area (Å²) in [6.45, 7) is 17.7. The van der Waals surface area contributed by atoms with E-state index in [0.717, 1.165) is 32.6 Å². The average molecular weight is 599 g/mol. The summed E-state index contributed by atoms with van der Waals surface area (Å²) in [6.07, 6.45) is 16.1. The summed E-state index contributed by atoms with van der Waals surface area (Å²) in [7, 11) is 0. The molecule has 0 N–H and O–H groups in total. The van der Waals surface area contributed by atoms with Gasteiger partial charge in [0.25, 0.3) is 0 Å². The first-order valence-corrected chi connectivity index (χ1v) is 18.4. The Morgan fingerprint density at radius 2 is 1.26 bits per heavy atom. The van der Waals surface area contributed by atoms with E-state index in [4.69, 9.17) is 9.47 Å². The van der Waals surface area contributed by atoms with Gasteiger partial charge in [0.05, 0.1) is 11.8 Å². The zero-order chi connectivity index (χ0) is 30.5. The topological polar surface area (TPSA) is 59.1 Å². The molecular formula is C37H62N2O4. The van der Waals surface area contributed by atoms with Gasteiger partial charge < -0.3 is 9.47 Å². The van der Waals surface area contributed by atoms with Crippen LogP contribution in [-0.2, 0) is 19.1 Å². The lowest BCUT2D eigenvalue weighted by atomic mass is 9.44. The number of esters is 2. The third-order valence-corrected chi connectivity index (χ3v) is 13.8. The highest BCUT2D eigenvalue weighted by atomic mass is 16.6. The molecule has 6 rings (SSSR count). The number of rotatable bonds is 6. The molecule has 2 heterocycles.